The molecule has 0 radical (unpaired) electrons. The molecule has 1 unspecified atom stereocenters. The van der Waals surface area contributed by atoms with Crippen molar-refractivity contribution < 1.29 is 0 Å². The summed E-state index contributed by atoms with van der Waals surface area (Å²) >= 11 is 0. The standard InChI is InChI=1S/C11H20N4.ClH/c1-9(2)15-11(3-5-13-15)8-14-6-4-10(12)7-14;/h3,5,9-10H,4,6-8,12H2,1-2H3;1H. The summed E-state index contributed by atoms with van der Waals surface area (Å²) in [4.78, 5) is 2.40. The van der Waals surface area contributed by atoms with Crippen molar-refractivity contribution in [1.29, 1.82) is 0 Å². The molecule has 1 atom stereocenters. The predicted molar refractivity (Wildman–Crippen MR) is 67.7 cm³/mol. The monoisotopic (exact) mass is 244 g/mol. The zero-order chi connectivity index (χ0) is 10.8. The molecule has 5 heteroatoms. The summed E-state index contributed by atoms with van der Waals surface area (Å²) in [5.74, 6) is 0. The number of halogens is 1. The van der Waals surface area contributed by atoms with Gasteiger partial charge in [-0.2, -0.15) is 5.10 Å². The van der Waals surface area contributed by atoms with Crippen LogP contribution in [0.2, 0.25) is 0 Å². The maximum atomic E-state index is 5.89. The Labute approximate surface area is 103 Å². The molecule has 1 saturated heterocycles. The summed E-state index contributed by atoms with van der Waals surface area (Å²) < 4.78 is 2.09. The summed E-state index contributed by atoms with van der Waals surface area (Å²) in [6.45, 7) is 7.43. The second-order valence-corrected chi connectivity index (χ2v) is 4.64. The Kier molecular flexibility index (Phi) is 4.77. The Bertz CT molecular complexity index is 324. The SMILES string of the molecule is CC(C)n1nccc1CN1CCC(N)C1.Cl. The molecule has 92 valence electrons. The van der Waals surface area contributed by atoms with Gasteiger partial charge in [0.2, 0.25) is 0 Å². The first-order valence-electron chi connectivity index (χ1n) is 5.67. The highest BCUT2D eigenvalue weighted by atomic mass is 35.5. The topological polar surface area (TPSA) is 47.1 Å². The van der Waals surface area contributed by atoms with Crippen LogP contribution < -0.4 is 5.73 Å². The summed E-state index contributed by atoms with van der Waals surface area (Å²) in [6.07, 6.45) is 3.00. The van der Waals surface area contributed by atoms with E-state index in [0.717, 1.165) is 26.1 Å². The van der Waals surface area contributed by atoms with Gasteiger partial charge in [-0.3, -0.25) is 9.58 Å². The average molecular weight is 245 g/mol. The third-order valence-corrected chi connectivity index (χ3v) is 2.94. The smallest absolute Gasteiger partial charge is 0.0527 e. The van der Waals surface area contributed by atoms with Gasteiger partial charge in [0, 0.05) is 37.9 Å². The van der Waals surface area contributed by atoms with Crippen LogP contribution in [0.4, 0.5) is 0 Å². The lowest BCUT2D eigenvalue weighted by Crippen LogP contribution is -2.27. The number of likely N-dealkylation sites (tertiary alicyclic amines) is 1. The molecule has 4 nitrogen and oxygen atoms in total. The molecule has 1 fully saturated rings. The number of nitrogens with zero attached hydrogens (tertiary/aromatic N) is 3. The second-order valence-electron chi connectivity index (χ2n) is 4.64. The molecule has 16 heavy (non-hydrogen) atoms. The Morgan fingerprint density at radius 1 is 1.56 bits per heavy atom. The van der Waals surface area contributed by atoms with E-state index in [1.807, 2.05) is 6.20 Å². The molecule has 2 heterocycles. The molecule has 0 aromatic carbocycles. The Balaban J connectivity index is 0.00000128. The van der Waals surface area contributed by atoms with Gasteiger partial charge in [-0.15, -0.1) is 12.4 Å². The van der Waals surface area contributed by atoms with Crippen molar-refractivity contribution in [1.82, 2.24) is 14.7 Å². The van der Waals surface area contributed by atoms with Crippen molar-refractivity contribution in [3.05, 3.63) is 18.0 Å². The van der Waals surface area contributed by atoms with Gasteiger partial charge in [-0.25, -0.2) is 0 Å². The van der Waals surface area contributed by atoms with Crippen LogP contribution in [0.15, 0.2) is 12.3 Å². The summed E-state index contributed by atoms with van der Waals surface area (Å²) in [6, 6.07) is 2.90. The molecule has 1 aliphatic heterocycles. The third kappa shape index (κ3) is 2.97. The van der Waals surface area contributed by atoms with Crippen molar-refractivity contribution in [2.75, 3.05) is 13.1 Å². The zero-order valence-electron chi connectivity index (χ0n) is 9.97. The Morgan fingerprint density at radius 2 is 2.31 bits per heavy atom. The lowest BCUT2D eigenvalue weighted by Gasteiger charge is -2.17. The Morgan fingerprint density at radius 3 is 2.88 bits per heavy atom. The van der Waals surface area contributed by atoms with Crippen LogP contribution >= 0.6 is 12.4 Å². The van der Waals surface area contributed by atoms with E-state index in [-0.39, 0.29) is 12.4 Å². The maximum absolute atomic E-state index is 5.89. The third-order valence-electron chi connectivity index (χ3n) is 2.94. The summed E-state index contributed by atoms with van der Waals surface area (Å²) in [7, 11) is 0. The number of hydrogen-bond acceptors (Lipinski definition) is 3. The van der Waals surface area contributed by atoms with Crippen molar-refractivity contribution in [2.24, 2.45) is 5.73 Å². The van der Waals surface area contributed by atoms with Crippen LogP contribution in [0.3, 0.4) is 0 Å². The van der Waals surface area contributed by atoms with E-state index in [0.29, 0.717) is 12.1 Å². The lowest BCUT2D eigenvalue weighted by atomic mass is 10.3. The predicted octanol–water partition coefficient (Wildman–Crippen LogP) is 1.42. The highest BCUT2D eigenvalue weighted by molar-refractivity contribution is 5.85. The van der Waals surface area contributed by atoms with Crippen molar-refractivity contribution in [2.45, 2.75) is 38.9 Å². The Hall–Kier alpha value is -0.580. The molecule has 0 bridgehead atoms. The van der Waals surface area contributed by atoms with Gasteiger partial charge in [-0.05, 0) is 26.3 Å². The quantitative estimate of drug-likeness (QED) is 0.875. The van der Waals surface area contributed by atoms with Gasteiger partial charge in [0.1, 0.15) is 0 Å². The van der Waals surface area contributed by atoms with E-state index < -0.39 is 0 Å². The van der Waals surface area contributed by atoms with Gasteiger partial charge in [0.05, 0.1) is 5.69 Å². The maximum Gasteiger partial charge on any atom is 0.0527 e. The highest BCUT2D eigenvalue weighted by Gasteiger charge is 2.20. The second kappa shape index (κ2) is 5.66. The molecule has 2 rings (SSSR count). The fourth-order valence-corrected chi connectivity index (χ4v) is 2.17. The summed E-state index contributed by atoms with van der Waals surface area (Å²) in [5, 5.41) is 4.34. The van der Waals surface area contributed by atoms with E-state index in [2.05, 4.69) is 34.6 Å². The minimum absolute atomic E-state index is 0. The lowest BCUT2D eigenvalue weighted by molar-refractivity contribution is 0.310. The number of nitrogens with two attached hydrogens (primary N) is 1. The largest absolute Gasteiger partial charge is 0.326 e. The number of aromatic nitrogens is 2. The molecule has 0 saturated carbocycles. The van der Waals surface area contributed by atoms with Crippen LogP contribution in [-0.2, 0) is 6.54 Å². The van der Waals surface area contributed by atoms with E-state index >= 15 is 0 Å². The molecule has 1 aromatic rings. The first-order valence-corrected chi connectivity index (χ1v) is 5.67. The normalized spacial score (nSPS) is 21.4. The molecule has 0 amide bonds. The van der Waals surface area contributed by atoms with E-state index in [1.165, 1.54) is 5.69 Å². The fraction of sp³-hybridized carbons (Fsp3) is 0.727. The van der Waals surface area contributed by atoms with Crippen LogP contribution in [-0.4, -0.2) is 33.8 Å². The molecular formula is C11H21ClN4. The fourth-order valence-electron chi connectivity index (χ4n) is 2.17. The van der Waals surface area contributed by atoms with E-state index in [1.54, 1.807) is 0 Å². The molecule has 0 aliphatic carbocycles. The van der Waals surface area contributed by atoms with Crippen LogP contribution in [0, 0.1) is 0 Å². The highest BCUT2D eigenvalue weighted by Crippen LogP contribution is 2.14. The van der Waals surface area contributed by atoms with E-state index in [4.69, 9.17) is 5.73 Å². The van der Waals surface area contributed by atoms with Gasteiger partial charge in [0.15, 0.2) is 0 Å². The van der Waals surface area contributed by atoms with E-state index in [9.17, 15) is 0 Å². The minimum atomic E-state index is 0. The van der Waals surface area contributed by atoms with Gasteiger partial charge in [-0.1, -0.05) is 0 Å². The molecular weight excluding hydrogens is 224 g/mol. The van der Waals surface area contributed by atoms with Crippen molar-refractivity contribution in [3.63, 3.8) is 0 Å². The van der Waals surface area contributed by atoms with Gasteiger partial charge >= 0.3 is 0 Å². The van der Waals surface area contributed by atoms with Crippen molar-refractivity contribution >= 4 is 12.4 Å². The number of hydrogen-bond donors (Lipinski definition) is 1. The van der Waals surface area contributed by atoms with Crippen LogP contribution in [0.1, 0.15) is 32.0 Å². The molecule has 0 spiro atoms. The average Bonchev–Trinajstić information content (AvgIpc) is 2.75. The first kappa shape index (κ1) is 13.5. The van der Waals surface area contributed by atoms with Gasteiger partial charge < -0.3 is 5.73 Å². The number of rotatable bonds is 3. The zero-order valence-corrected chi connectivity index (χ0v) is 10.8. The van der Waals surface area contributed by atoms with Crippen LogP contribution in [0.5, 0.6) is 0 Å². The molecule has 2 N–H and O–H groups in total. The summed E-state index contributed by atoms with van der Waals surface area (Å²) in [5.41, 5.74) is 7.18. The van der Waals surface area contributed by atoms with Gasteiger partial charge in [0.25, 0.3) is 0 Å². The minimum Gasteiger partial charge on any atom is -0.326 e. The van der Waals surface area contributed by atoms with Crippen LogP contribution in [0.25, 0.3) is 0 Å². The molecule has 1 aliphatic rings. The molecule has 1 aromatic heterocycles. The first-order chi connectivity index (χ1) is 7.16. The van der Waals surface area contributed by atoms with Crippen molar-refractivity contribution in [3.8, 4) is 0 Å².